The molecule has 0 unspecified atom stereocenters. The first kappa shape index (κ1) is 25.2. The fourth-order valence-corrected chi connectivity index (χ4v) is 3.70. The summed E-state index contributed by atoms with van der Waals surface area (Å²) in [7, 11) is 0. The predicted octanol–water partition coefficient (Wildman–Crippen LogP) is 4.92. The summed E-state index contributed by atoms with van der Waals surface area (Å²) >= 11 is 0. The number of carboxylic acid groups (broad SMARTS) is 1. The third kappa shape index (κ3) is 7.03. The maximum absolute atomic E-state index is 12.7. The van der Waals surface area contributed by atoms with E-state index in [1.54, 1.807) is 23.1 Å². The van der Waals surface area contributed by atoms with Gasteiger partial charge in [0.05, 0.1) is 0 Å². The second-order valence-electron chi connectivity index (χ2n) is 8.63. The number of hydrogen-bond acceptors (Lipinski definition) is 4. The van der Waals surface area contributed by atoms with Crippen molar-refractivity contribution in [3.8, 4) is 11.5 Å². The van der Waals surface area contributed by atoms with Gasteiger partial charge in [0.1, 0.15) is 11.5 Å². The van der Waals surface area contributed by atoms with Crippen molar-refractivity contribution in [1.29, 1.82) is 0 Å². The molecule has 7 nitrogen and oxygen atoms in total. The minimum absolute atomic E-state index is 0.0646. The number of aliphatic carboxylic acids is 1. The van der Waals surface area contributed by atoms with Crippen molar-refractivity contribution >= 4 is 12.0 Å². The fourth-order valence-electron chi connectivity index (χ4n) is 3.70. The van der Waals surface area contributed by atoms with Gasteiger partial charge in [-0.2, -0.15) is 0 Å². The van der Waals surface area contributed by atoms with E-state index in [1.165, 1.54) is 38.1 Å². The molecular formula is C24H27F3N2O5. The third-order valence-corrected chi connectivity index (χ3v) is 5.53. The van der Waals surface area contributed by atoms with Crippen molar-refractivity contribution < 1.29 is 37.3 Å². The average Bonchev–Trinajstić information content (AvgIpc) is 2.77. The second-order valence-corrected chi connectivity index (χ2v) is 8.63. The van der Waals surface area contributed by atoms with Crippen molar-refractivity contribution in [2.24, 2.45) is 0 Å². The highest BCUT2D eigenvalue weighted by atomic mass is 19.4. The molecule has 2 aromatic carbocycles. The van der Waals surface area contributed by atoms with Crippen LogP contribution in [0.25, 0.3) is 0 Å². The van der Waals surface area contributed by atoms with Gasteiger partial charge in [-0.3, -0.25) is 0 Å². The number of carbonyl (C=O) groups is 2. The number of nitrogens with zero attached hydrogens (tertiary/aromatic N) is 1. The molecule has 1 heterocycles. The minimum Gasteiger partial charge on any atom is -0.478 e. The Morgan fingerprint density at radius 2 is 1.79 bits per heavy atom. The summed E-state index contributed by atoms with van der Waals surface area (Å²) in [5.74, 6) is -0.875. The van der Waals surface area contributed by atoms with E-state index in [2.05, 4.69) is 10.1 Å². The summed E-state index contributed by atoms with van der Waals surface area (Å²) in [5.41, 5.74) is 0.229. The Morgan fingerprint density at radius 1 is 1.09 bits per heavy atom. The van der Waals surface area contributed by atoms with Crippen LogP contribution in [0, 0.1) is 0 Å². The molecule has 1 saturated heterocycles. The van der Waals surface area contributed by atoms with Crippen molar-refractivity contribution in [3.05, 3.63) is 59.7 Å². The van der Waals surface area contributed by atoms with Crippen LogP contribution in [-0.4, -0.2) is 47.1 Å². The maximum atomic E-state index is 12.7. The van der Waals surface area contributed by atoms with Crippen molar-refractivity contribution in [2.75, 3.05) is 13.1 Å². The number of hydrogen-bond donors (Lipinski definition) is 2. The van der Waals surface area contributed by atoms with Crippen LogP contribution in [0.5, 0.6) is 11.5 Å². The molecule has 0 saturated carbocycles. The zero-order valence-corrected chi connectivity index (χ0v) is 18.9. The Bertz CT molecular complexity index is 1010. The van der Waals surface area contributed by atoms with Crippen LogP contribution in [0.1, 0.15) is 43.7 Å². The minimum atomic E-state index is -4.75. The molecule has 0 spiro atoms. The summed E-state index contributed by atoms with van der Waals surface area (Å²) in [5, 5.41) is 12.1. The van der Waals surface area contributed by atoms with Gasteiger partial charge in [0.15, 0.2) is 5.60 Å². The molecule has 0 bridgehead atoms. The number of alkyl halides is 3. The lowest BCUT2D eigenvalue weighted by Gasteiger charge is -2.33. The standard InChI is InChI=1S/C24H27F3N2O5/c1-23(2,21(30)31)33-20-7-3-5-17(13-20)18-6-4-12-29(15-18)22(32)28-14-16-8-10-19(11-9-16)34-24(25,26)27/h3,5,7-11,13,18H,4,6,12,14-15H2,1-2H3,(H,28,32)(H,30,31)/t18-/m0/s1. The number of carboxylic acids is 1. The van der Waals surface area contributed by atoms with Crippen LogP contribution in [0.15, 0.2) is 48.5 Å². The third-order valence-electron chi connectivity index (χ3n) is 5.53. The highest BCUT2D eigenvalue weighted by molar-refractivity contribution is 5.76. The molecule has 3 rings (SSSR count). The van der Waals surface area contributed by atoms with E-state index in [9.17, 15) is 27.9 Å². The fraction of sp³-hybridized carbons (Fsp3) is 0.417. The molecule has 1 aliphatic heterocycles. The van der Waals surface area contributed by atoms with Crippen LogP contribution in [-0.2, 0) is 11.3 Å². The van der Waals surface area contributed by atoms with E-state index < -0.39 is 17.9 Å². The Balaban J connectivity index is 1.57. The number of piperidine rings is 1. The SMILES string of the molecule is CC(C)(Oc1cccc([C@H]2CCCN(C(=O)NCc3ccc(OC(F)(F)F)cc3)C2)c1)C(=O)O. The molecule has 10 heteroatoms. The molecular weight excluding hydrogens is 453 g/mol. The molecule has 0 aliphatic carbocycles. The Labute approximate surface area is 195 Å². The van der Waals surface area contributed by atoms with Crippen LogP contribution in [0.4, 0.5) is 18.0 Å². The van der Waals surface area contributed by atoms with Gasteiger partial charge in [-0.25, -0.2) is 9.59 Å². The van der Waals surface area contributed by atoms with E-state index in [4.69, 9.17) is 4.74 Å². The molecule has 2 amide bonds. The maximum Gasteiger partial charge on any atom is 0.573 e. The smallest absolute Gasteiger partial charge is 0.478 e. The molecule has 2 aromatic rings. The zero-order chi connectivity index (χ0) is 24.9. The number of halogens is 3. The quantitative estimate of drug-likeness (QED) is 0.588. The molecule has 1 aliphatic rings. The normalized spacial score (nSPS) is 16.6. The van der Waals surface area contributed by atoms with Gasteiger partial charge in [-0.1, -0.05) is 24.3 Å². The highest BCUT2D eigenvalue weighted by Gasteiger charge is 2.31. The number of rotatable bonds is 7. The number of benzene rings is 2. The summed E-state index contributed by atoms with van der Waals surface area (Å²) in [4.78, 5) is 25.7. The van der Waals surface area contributed by atoms with E-state index in [1.807, 2.05) is 6.07 Å². The van der Waals surface area contributed by atoms with Crippen LogP contribution < -0.4 is 14.8 Å². The van der Waals surface area contributed by atoms with E-state index in [0.717, 1.165) is 18.4 Å². The van der Waals surface area contributed by atoms with Gasteiger partial charge in [0.25, 0.3) is 0 Å². The van der Waals surface area contributed by atoms with E-state index in [0.29, 0.717) is 24.4 Å². The van der Waals surface area contributed by atoms with Gasteiger partial charge < -0.3 is 24.8 Å². The van der Waals surface area contributed by atoms with Gasteiger partial charge in [0, 0.05) is 25.6 Å². The lowest BCUT2D eigenvalue weighted by atomic mass is 9.90. The lowest BCUT2D eigenvalue weighted by Crippen LogP contribution is -2.44. The number of urea groups is 1. The van der Waals surface area contributed by atoms with Gasteiger partial charge in [0.2, 0.25) is 0 Å². The topological polar surface area (TPSA) is 88.1 Å². The van der Waals surface area contributed by atoms with Gasteiger partial charge >= 0.3 is 18.4 Å². The van der Waals surface area contributed by atoms with E-state index >= 15 is 0 Å². The lowest BCUT2D eigenvalue weighted by molar-refractivity contribution is -0.274. The Kier molecular flexibility index (Phi) is 7.58. The van der Waals surface area contributed by atoms with Crippen LogP contribution in [0.3, 0.4) is 0 Å². The number of ether oxygens (including phenoxy) is 2. The zero-order valence-electron chi connectivity index (χ0n) is 18.9. The second kappa shape index (κ2) is 10.2. The summed E-state index contributed by atoms with van der Waals surface area (Å²) in [6, 6.07) is 12.3. The Hall–Kier alpha value is -3.43. The van der Waals surface area contributed by atoms with Crippen LogP contribution >= 0.6 is 0 Å². The molecule has 0 aromatic heterocycles. The number of carbonyl (C=O) groups excluding carboxylic acids is 1. The largest absolute Gasteiger partial charge is 0.573 e. The van der Waals surface area contributed by atoms with E-state index in [-0.39, 0.29) is 24.2 Å². The summed E-state index contributed by atoms with van der Waals surface area (Å²) in [6.45, 7) is 4.19. The average molecular weight is 480 g/mol. The van der Waals surface area contributed by atoms with Crippen molar-refractivity contribution in [2.45, 2.75) is 51.1 Å². The van der Waals surface area contributed by atoms with Crippen molar-refractivity contribution in [1.82, 2.24) is 10.2 Å². The molecule has 1 fully saturated rings. The first-order valence-corrected chi connectivity index (χ1v) is 10.8. The Morgan fingerprint density at radius 3 is 2.44 bits per heavy atom. The number of likely N-dealkylation sites (tertiary alicyclic amines) is 1. The number of nitrogens with one attached hydrogen (secondary N) is 1. The number of amides is 2. The van der Waals surface area contributed by atoms with Crippen molar-refractivity contribution in [3.63, 3.8) is 0 Å². The van der Waals surface area contributed by atoms with Gasteiger partial charge in [-0.05, 0) is 62.1 Å². The van der Waals surface area contributed by atoms with Gasteiger partial charge in [-0.15, -0.1) is 13.2 Å². The first-order valence-electron chi connectivity index (χ1n) is 10.8. The molecule has 1 atom stereocenters. The molecule has 0 radical (unpaired) electrons. The highest BCUT2D eigenvalue weighted by Crippen LogP contribution is 2.30. The van der Waals surface area contributed by atoms with Crippen LogP contribution in [0.2, 0.25) is 0 Å². The summed E-state index contributed by atoms with van der Waals surface area (Å²) < 4.78 is 46.3. The molecule has 2 N–H and O–H groups in total. The monoisotopic (exact) mass is 480 g/mol. The first-order chi connectivity index (χ1) is 15.9. The summed E-state index contributed by atoms with van der Waals surface area (Å²) in [6.07, 6.45) is -3.08. The molecule has 34 heavy (non-hydrogen) atoms. The predicted molar refractivity (Wildman–Crippen MR) is 118 cm³/mol. The molecule has 184 valence electrons.